The minimum Gasteiger partial charge on any atom is -0.396 e. The number of nitrogens with one attached hydrogen (secondary N) is 2. The van der Waals surface area contributed by atoms with Crippen LogP contribution in [-0.2, 0) is 0 Å². The molecule has 0 spiro atoms. The standard InChI is InChI=1S/C11H14N4OS/c1-14-10(16)9-8(13)7(5-12)11(17-9)15-6-3-2-4-6/h6,15H,2-4,13H2,1H3,(H,14,16). The number of nitrogens with two attached hydrogens (primary N) is 1. The molecule has 1 aromatic rings. The molecule has 4 N–H and O–H groups in total. The van der Waals surface area contributed by atoms with Gasteiger partial charge in [-0.3, -0.25) is 4.79 Å². The van der Waals surface area contributed by atoms with E-state index in [1.54, 1.807) is 7.05 Å². The van der Waals surface area contributed by atoms with Gasteiger partial charge in [0.1, 0.15) is 21.5 Å². The highest BCUT2D eigenvalue weighted by Gasteiger charge is 2.24. The average molecular weight is 250 g/mol. The molecule has 1 heterocycles. The van der Waals surface area contributed by atoms with Crippen LogP contribution in [0.3, 0.4) is 0 Å². The topological polar surface area (TPSA) is 90.9 Å². The predicted molar refractivity (Wildman–Crippen MR) is 68.1 cm³/mol. The van der Waals surface area contributed by atoms with Crippen LogP contribution in [-0.4, -0.2) is 19.0 Å². The zero-order valence-corrected chi connectivity index (χ0v) is 10.4. The molecule has 1 aromatic heterocycles. The number of thiophene rings is 1. The first-order valence-corrected chi connectivity index (χ1v) is 6.30. The molecule has 0 saturated heterocycles. The number of anilines is 2. The van der Waals surface area contributed by atoms with Gasteiger partial charge >= 0.3 is 0 Å². The molecular formula is C11H14N4OS. The Bertz CT molecular complexity index is 484. The highest BCUT2D eigenvalue weighted by Crippen LogP contribution is 2.37. The van der Waals surface area contributed by atoms with Gasteiger partial charge in [-0.25, -0.2) is 0 Å². The van der Waals surface area contributed by atoms with E-state index in [4.69, 9.17) is 11.0 Å². The van der Waals surface area contributed by atoms with Crippen LogP contribution in [0.25, 0.3) is 0 Å². The van der Waals surface area contributed by atoms with E-state index in [0.29, 0.717) is 21.5 Å². The Morgan fingerprint density at radius 2 is 2.29 bits per heavy atom. The molecule has 0 bridgehead atoms. The lowest BCUT2D eigenvalue weighted by molar-refractivity contribution is 0.0968. The molecule has 6 heteroatoms. The summed E-state index contributed by atoms with van der Waals surface area (Å²) in [6, 6.07) is 2.47. The van der Waals surface area contributed by atoms with Gasteiger partial charge in [0.05, 0.1) is 5.69 Å². The Balaban J connectivity index is 2.31. The highest BCUT2D eigenvalue weighted by molar-refractivity contribution is 7.18. The largest absolute Gasteiger partial charge is 0.396 e. The van der Waals surface area contributed by atoms with Gasteiger partial charge in [-0.1, -0.05) is 0 Å². The van der Waals surface area contributed by atoms with Crippen molar-refractivity contribution in [2.45, 2.75) is 25.3 Å². The summed E-state index contributed by atoms with van der Waals surface area (Å²) in [5, 5.41) is 15.6. The van der Waals surface area contributed by atoms with Crippen LogP contribution < -0.4 is 16.4 Å². The number of nitriles is 1. The molecule has 0 aliphatic heterocycles. The maximum absolute atomic E-state index is 11.6. The molecule has 0 aromatic carbocycles. The van der Waals surface area contributed by atoms with Gasteiger partial charge in [0.15, 0.2) is 0 Å². The predicted octanol–water partition coefficient (Wildman–Crippen LogP) is 1.53. The van der Waals surface area contributed by atoms with Crippen LogP contribution in [0.15, 0.2) is 0 Å². The van der Waals surface area contributed by atoms with E-state index in [-0.39, 0.29) is 11.6 Å². The molecule has 5 nitrogen and oxygen atoms in total. The van der Waals surface area contributed by atoms with Crippen molar-refractivity contribution in [1.29, 1.82) is 5.26 Å². The van der Waals surface area contributed by atoms with E-state index in [9.17, 15) is 4.79 Å². The van der Waals surface area contributed by atoms with Gasteiger partial charge in [-0.2, -0.15) is 5.26 Å². The minimum absolute atomic E-state index is 0.245. The number of carbonyl (C=O) groups excluding carboxylic acids is 1. The van der Waals surface area contributed by atoms with Crippen molar-refractivity contribution in [3.8, 4) is 6.07 Å². The fraction of sp³-hybridized carbons (Fsp3) is 0.455. The maximum atomic E-state index is 11.6. The zero-order valence-electron chi connectivity index (χ0n) is 9.54. The molecule has 17 heavy (non-hydrogen) atoms. The molecule has 1 fully saturated rings. The third-order valence-electron chi connectivity index (χ3n) is 2.93. The molecule has 0 radical (unpaired) electrons. The summed E-state index contributed by atoms with van der Waals surface area (Å²) >= 11 is 1.25. The third-order valence-corrected chi connectivity index (χ3v) is 4.07. The second-order valence-electron chi connectivity index (χ2n) is 4.01. The lowest BCUT2D eigenvalue weighted by Crippen LogP contribution is -2.26. The number of rotatable bonds is 3. The molecule has 1 aliphatic carbocycles. The van der Waals surface area contributed by atoms with Crippen LogP contribution in [0.1, 0.15) is 34.5 Å². The first-order chi connectivity index (χ1) is 8.17. The van der Waals surface area contributed by atoms with Crippen molar-refractivity contribution in [3.05, 3.63) is 10.4 Å². The zero-order chi connectivity index (χ0) is 12.4. The van der Waals surface area contributed by atoms with Crippen LogP contribution in [0.4, 0.5) is 10.7 Å². The van der Waals surface area contributed by atoms with Gasteiger partial charge in [0, 0.05) is 13.1 Å². The Labute approximate surface area is 104 Å². The average Bonchev–Trinajstić information content (AvgIpc) is 2.59. The summed E-state index contributed by atoms with van der Waals surface area (Å²) in [6.45, 7) is 0. The van der Waals surface area contributed by atoms with Gasteiger partial charge in [-0.05, 0) is 19.3 Å². The Hall–Kier alpha value is -1.74. The van der Waals surface area contributed by atoms with Crippen LogP contribution in [0.2, 0.25) is 0 Å². The summed E-state index contributed by atoms with van der Waals surface area (Å²) in [5.41, 5.74) is 6.48. The molecule has 0 unspecified atom stereocenters. The number of hydrogen-bond donors (Lipinski definition) is 3. The molecule has 1 amide bonds. The summed E-state index contributed by atoms with van der Waals surface area (Å²) in [6.07, 6.45) is 3.43. The summed E-state index contributed by atoms with van der Waals surface area (Å²) in [5.74, 6) is -0.245. The smallest absolute Gasteiger partial charge is 0.263 e. The second-order valence-corrected chi connectivity index (χ2v) is 5.03. The second kappa shape index (κ2) is 4.63. The molecular weight excluding hydrogens is 236 g/mol. The molecule has 1 aliphatic rings. The Morgan fingerprint density at radius 3 is 2.76 bits per heavy atom. The molecule has 0 atom stereocenters. The Kier molecular flexibility index (Phi) is 3.20. The van der Waals surface area contributed by atoms with E-state index in [2.05, 4.69) is 16.7 Å². The van der Waals surface area contributed by atoms with E-state index in [1.165, 1.54) is 17.8 Å². The van der Waals surface area contributed by atoms with E-state index in [1.807, 2.05) is 0 Å². The first-order valence-electron chi connectivity index (χ1n) is 5.48. The Morgan fingerprint density at radius 1 is 1.59 bits per heavy atom. The van der Waals surface area contributed by atoms with E-state index < -0.39 is 0 Å². The number of hydrogen-bond acceptors (Lipinski definition) is 5. The molecule has 2 rings (SSSR count). The van der Waals surface area contributed by atoms with Gasteiger partial charge < -0.3 is 16.4 Å². The SMILES string of the molecule is CNC(=O)c1sc(NC2CCC2)c(C#N)c1N. The van der Waals surface area contributed by atoms with Crippen LogP contribution in [0, 0.1) is 11.3 Å². The lowest BCUT2D eigenvalue weighted by atomic mass is 9.93. The molecule has 90 valence electrons. The van der Waals surface area contributed by atoms with Crippen molar-refractivity contribution in [1.82, 2.24) is 5.32 Å². The van der Waals surface area contributed by atoms with E-state index in [0.717, 1.165) is 12.8 Å². The quantitative estimate of drug-likeness (QED) is 0.758. The summed E-state index contributed by atoms with van der Waals surface area (Å²) in [7, 11) is 1.55. The van der Waals surface area contributed by atoms with Crippen molar-refractivity contribution < 1.29 is 4.79 Å². The first kappa shape index (κ1) is 11.7. The normalized spacial score (nSPS) is 14.8. The fourth-order valence-electron chi connectivity index (χ4n) is 1.68. The van der Waals surface area contributed by atoms with Crippen molar-refractivity contribution in [3.63, 3.8) is 0 Å². The van der Waals surface area contributed by atoms with Crippen molar-refractivity contribution in [2.24, 2.45) is 0 Å². The summed E-state index contributed by atoms with van der Waals surface area (Å²) in [4.78, 5) is 12.0. The van der Waals surface area contributed by atoms with Gasteiger partial charge in [0.25, 0.3) is 5.91 Å². The monoisotopic (exact) mass is 250 g/mol. The van der Waals surface area contributed by atoms with Crippen molar-refractivity contribution >= 4 is 27.9 Å². The number of carbonyl (C=O) groups is 1. The molecule has 1 saturated carbocycles. The van der Waals surface area contributed by atoms with Crippen LogP contribution >= 0.6 is 11.3 Å². The number of nitrogen functional groups attached to an aromatic ring is 1. The van der Waals surface area contributed by atoms with E-state index >= 15 is 0 Å². The lowest BCUT2D eigenvalue weighted by Gasteiger charge is -2.26. The third kappa shape index (κ3) is 2.06. The minimum atomic E-state index is -0.245. The van der Waals surface area contributed by atoms with Gasteiger partial charge in [-0.15, -0.1) is 11.3 Å². The number of amides is 1. The van der Waals surface area contributed by atoms with Crippen LogP contribution in [0.5, 0.6) is 0 Å². The number of nitrogens with zero attached hydrogens (tertiary/aromatic N) is 1. The highest BCUT2D eigenvalue weighted by atomic mass is 32.1. The summed E-state index contributed by atoms with van der Waals surface area (Å²) < 4.78 is 0. The van der Waals surface area contributed by atoms with Gasteiger partial charge in [0.2, 0.25) is 0 Å². The fourth-order valence-corrected chi connectivity index (χ4v) is 2.77. The maximum Gasteiger partial charge on any atom is 0.263 e. The van der Waals surface area contributed by atoms with Crippen molar-refractivity contribution in [2.75, 3.05) is 18.1 Å².